The number of carbonyl (C=O) groups is 2. The van der Waals surface area contributed by atoms with Crippen LogP contribution in [0.4, 0.5) is 0 Å². The van der Waals surface area contributed by atoms with Gasteiger partial charge in [-0.15, -0.1) is 6.58 Å². The van der Waals surface area contributed by atoms with Crippen LogP contribution in [0.1, 0.15) is 34.6 Å². The zero-order valence-electron chi connectivity index (χ0n) is 11.9. The largest absolute Gasteiger partial charge is 0.494 e. The molecule has 1 aromatic carbocycles. The predicted molar refractivity (Wildman–Crippen MR) is 77.9 cm³/mol. The maximum Gasteiger partial charge on any atom is 0.254 e. The summed E-state index contributed by atoms with van der Waals surface area (Å²) in [7, 11) is 0. The molecular weight excluding hydrogens is 256 g/mol. The van der Waals surface area contributed by atoms with Crippen molar-refractivity contribution in [3.8, 4) is 5.75 Å². The van der Waals surface area contributed by atoms with Crippen molar-refractivity contribution in [3.05, 3.63) is 42.0 Å². The number of rotatable bonds is 7. The third-order valence-corrected chi connectivity index (χ3v) is 2.77. The first-order valence-corrected chi connectivity index (χ1v) is 6.51. The molecule has 0 bridgehead atoms. The highest BCUT2D eigenvalue weighted by molar-refractivity contribution is 5.99. The summed E-state index contributed by atoms with van der Waals surface area (Å²) in [4.78, 5) is 25.3. The number of hydrogen-bond acceptors (Lipinski definition) is 3. The Morgan fingerprint density at radius 3 is 2.45 bits per heavy atom. The van der Waals surface area contributed by atoms with E-state index in [0.29, 0.717) is 31.0 Å². The lowest BCUT2D eigenvalue weighted by molar-refractivity contribution is 0.0781. The highest BCUT2D eigenvalue weighted by Gasteiger charge is 2.16. The van der Waals surface area contributed by atoms with E-state index in [1.807, 2.05) is 13.8 Å². The van der Waals surface area contributed by atoms with Gasteiger partial charge in [0.25, 0.3) is 5.91 Å². The minimum atomic E-state index is -0.590. The second kappa shape index (κ2) is 7.33. The maximum atomic E-state index is 12.4. The number of hydrogen-bond donors (Lipinski definition) is 1. The molecule has 5 nitrogen and oxygen atoms in total. The van der Waals surface area contributed by atoms with Crippen molar-refractivity contribution in [2.45, 2.75) is 13.8 Å². The monoisotopic (exact) mass is 276 g/mol. The average Bonchev–Trinajstić information content (AvgIpc) is 2.44. The van der Waals surface area contributed by atoms with E-state index < -0.39 is 5.91 Å². The maximum absolute atomic E-state index is 12.4. The molecule has 0 spiro atoms. The number of carbonyl (C=O) groups excluding carboxylic acids is 2. The number of nitrogens with zero attached hydrogens (tertiary/aromatic N) is 1. The first-order valence-electron chi connectivity index (χ1n) is 6.51. The lowest BCUT2D eigenvalue weighted by atomic mass is 10.1. The smallest absolute Gasteiger partial charge is 0.254 e. The molecule has 0 unspecified atom stereocenters. The number of ether oxygens (including phenoxy) is 1. The molecule has 1 aromatic rings. The zero-order valence-corrected chi connectivity index (χ0v) is 11.9. The summed E-state index contributed by atoms with van der Waals surface area (Å²) in [5.41, 5.74) is 5.92. The Balaban J connectivity index is 3.17. The van der Waals surface area contributed by atoms with E-state index >= 15 is 0 Å². The topological polar surface area (TPSA) is 72.6 Å². The molecule has 0 heterocycles. The summed E-state index contributed by atoms with van der Waals surface area (Å²) in [5, 5.41) is 0. The molecule has 0 aliphatic carbocycles. The van der Waals surface area contributed by atoms with Gasteiger partial charge in [-0.25, -0.2) is 0 Å². The van der Waals surface area contributed by atoms with Crippen molar-refractivity contribution in [2.24, 2.45) is 5.73 Å². The normalized spacial score (nSPS) is 9.90. The Bertz CT molecular complexity index is 512. The van der Waals surface area contributed by atoms with Gasteiger partial charge >= 0.3 is 0 Å². The molecule has 5 heteroatoms. The van der Waals surface area contributed by atoms with Crippen molar-refractivity contribution in [2.75, 3.05) is 19.7 Å². The summed E-state index contributed by atoms with van der Waals surface area (Å²) in [6.45, 7) is 8.77. The lowest BCUT2D eigenvalue weighted by Gasteiger charge is -2.19. The zero-order chi connectivity index (χ0) is 15.1. The highest BCUT2D eigenvalue weighted by Crippen LogP contribution is 2.19. The van der Waals surface area contributed by atoms with Gasteiger partial charge < -0.3 is 15.4 Å². The fourth-order valence-electron chi connectivity index (χ4n) is 1.81. The summed E-state index contributed by atoms with van der Waals surface area (Å²) in [6.07, 6.45) is 1.66. The Morgan fingerprint density at radius 1 is 1.30 bits per heavy atom. The van der Waals surface area contributed by atoms with Crippen LogP contribution in [0.15, 0.2) is 30.9 Å². The van der Waals surface area contributed by atoms with Gasteiger partial charge in [0.05, 0.1) is 6.61 Å². The van der Waals surface area contributed by atoms with Gasteiger partial charge in [-0.3, -0.25) is 9.59 Å². The third kappa shape index (κ3) is 3.85. The molecule has 0 aliphatic heterocycles. The van der Waals surface area contributed by atoms with Gasteiger partial charge in [-0.05, 0) is 32.0 Å². The molecule has 0 fully saturated rings. The van der Waals surface area contributed by atoms with E-state index in [9.17, 15) is 9.59 Å². The number of nitrogens with two attached hydrogens (primary N) is 1. The summed E-state index contributed by atoms with van der Waals surface area (Å²) in [5.74, 6) is -0.314. The number of benzene rings is 1. The van der Waals surface area contributed by atoms with E-state index in [1.165, 1.54) is 12.1 Å². The Kier molecular flexibility index (Phi) is 5.77. The van der Waals surface area contributed by atoms with Gasteiger partial charge in [0.2, 0.25) is 5.91 Å². The lowest BCUT2D eigenvalue weighted by Crippen LogP contribution is -2.31. The van der Waals surface area contributed by atoms with E-state index in [1.54, 1.807) is 17.0 Å². The van der Waals surface area contributed by atoms with Crippen LogP contribution in [0.3, 0.4) is 0 Å². The van der Waals surface area contributed by atoms with Crippen molar-refractivity contribution in [1.29, 1.82) is 0 Å². The van der Waals surface area contributed by atoms with Crippen LogP contribution in [0.5, 0.6) is 5.75 Å². The molecule has 0 radical (unpaired) electrons. The Labute approximate surface area is 119 Å². The number of likely N-dealkylation sites (N-methyl/N-ethyl adjacent to an activating group) is 1. The fourth-order valence-corrected chi connectivity index (χ4v) is 1.81. The number of amides is 2. The summed E-state index contributed by atoms with van der Waals surface area (Å²) >= 11 is 0. The molecule has 20 heavy (non-hydrogen) atoms. The van der Waals surface area contributed by atoms with Gasteiger partial charge in [0.1, 0.15) is 5.75 Å². The summed E-state index contributed by atoms with van der Waals surface area (Å²) in [6, 6.07) is 4.63. The van der Waals surface area contributed by atoms with Crippen LogP contribution in [0.2, 0.25) is 0 Å². The molecule has 2 N–H and O–H groups in total. The van der Waals surface area contributed by atoms with Crippen molar-refractivity contribution >= 4 is 11.8 Å². The van der Waals surface area contributed by atoms with E-state index in [-0.39, 0.29) is 11.5 Å². The summed E-state index contributed by atoms with van der Waals surface area (Å²) < 4.78 is 5.36. The molecular formula is C15H20N2O3. The molecule has 0 aliphatic rings. The average molecular weight is 276 g/mol. The molecule has 1 rings (SSSR count). The Morgan fingerprint density at radius 2 is 1.95 bits per heavy atom. The van der Waals surface area contributed by atoms with Crippen LogP contribution in [0.25, 0.3) is 0 Å². The van der Waals surface area contributed by atoms with Crippen molar-refractivity contribution in [1.82, 2.24) is 4.90 Å². The quantitative estimate of drug-likeness (QED) is 0.772. The first kappa shape index (κ1) is 15.8. The highest BCUT2D eigenvalue weighted by atomic mass is 16.5. The van der Waals surface area contributed by atoms with E-state index in [2.05, 4.69) is 6.58 Å². The second-order valence-electron chi connectivity index (χ2n) is 4.18. The Hall–Kier alpha value is -2.30. The number of primary amides is 1. The second-order valence-corrected chi connectivity index (χ2v) is 4.18. The minimum Gasteiger partial charge on any atom is -0.494 e. The molecule has 0 atom stereocenters. The molecule has 108 valence electrons. The van der Waals surface area contributed by atoms with Gasteiger partial charge in [-0.1, -0.05) is 6.08 Å². The van der Waals surface area contributed by atoms with Crippen molar-refractivity contribution < 1.29 is 14.3 Å². The minimum absolute atomic E-state index is 0.184. The van der Waals surface area contributed by atoms with E-state index in [4.69, 9.17) is 10.5 Å². The molecule has 0 saturated carbocycles. The van der Waals surface area contributed by atoms with Crippen molar-refractivity contribution in [3.63, 3.8) is 0 Å². The van der Waals surface area contributed by atoms with Gasteiger partial charge in [-0.2, -0.15) is 0 Å². The molecule has 2 amide bonds. The third-order valence-electron chi connectivity index (χ3n) is 2.77. The van der Waals surface area contributed by atoms with Crippen LogP contribution >= 0.6 is 0 Å². The SMILES string of the molecule is C=CCN(CC)C(=O)c1cc(OCC)cc(C(N)=O)c1. The van der Waals surface area contributed by atoms with Crippen LogP contribution in [0, 0.1) is 0 Å². The van der Waals surface area contributed by atoms with Crippen LogP contribution in [-0.4, -0.2) is 36.4 Å². The molecule has 0 saturated heterocycles. The van der Waals surface area contributed by atoms with E-state index in [0.717, 1.165) is 0 Å². The van der Waals surface area contributed by atoms with Crippen LogP contribution in [-0.2, 0) is 0 Å². The standard InChI is InChI=1S/C15H20N2O3/c1-4-7-17(5-2)15(19)12-8-11(14(16)18)9-13(10-12)20-6-3/h4,8-10H,1,5-7H2,2-3H3,(H2,16,18). The predicted octanol–water partition coefficient (Wildman–Crippen LogP) is 1.83. The van der Waals surface area contributed by atoms with Gasteiger partial charge in [0, 0.05) is 24.2 Å². The van der Waals surface area contributed by atoms with Crippen LogP contribution < -0.4 is 10.5 Å². The first-order chi connectivity index (χ1) is 9.53. The molecule has 0 aromatic heterocycles. The van der Waals surface area contributed by atoms with Gasteiger partial charge in [0.15, 0.2) is 0 Å². The fraction of sp³-hybridized carbons (Fsp3) is 0.333.